The summed E-state index contributed by atoms with van der Waals surface area (Å²) in [5, 5.41) is 8.38. The van der Waals surface area contributed by atoms with Crippen molar-refractivity contribution in [2.75, 3.05) is 0 Å². The summed E-state index contributed by atoms with van der Waals surface area (Å²) in [6.07, 6.45) is 11.1. The molecule has 0 aliphatic rings. The Hall–Kier alpha value is 1.51. The van der Waals surface area contributed by atoms with Gasteiger partial charge < -0.3 is 9.66 Å². The number of hydrogen-bond donors (Lipinski definition) is 1. The third kappa shape index (κ3) is 16.4. The monoisotopic (exact) mass is 360 g/mol. The molecule has 2 atom stereocenters. The van der Waals surface area contributed by atoms with E-state index in [-0.39, 0.29) is 57.8 Å². The molecule has 0 spiro atoms. The smallest absolute Gasteiger partial charge is 0.748 e. The van der Waals surface area contributed by atoms with Crippen molar-refractivity contribution in [1.29, 1.82) is 0 Å². The fourth-order valence-corrected chi connectivity index (χ4v) is 3.42. The molecule has 0 aliphatic carbocycles. The number of rotatable bonds is 14. The van der Waals surface area contributed by atoms with Crippen LogP contribution in [0.1, 0.15) is 90.9 Å². The molecule has 0 aromatic rings. The van der Waals surface area contributed by atoms with Crippen LogP contribution in [0.5, 0.6) is 0 Å². The SMILES string of the molecule is CCCCCCCCCCCC(CCC(C)O)S(=O)(=O)[O-].[K+]. The van der Waals surface area contributed by atoms with E-state index in [4.69, 9.17) is 0 Å². The van der Waals surface area contributed by atoms with Crippen LogP contribution in [-0.4, -0.2) is 29.4 Å². The normalized spacial score (nSPS) is 14.4. The number of unbranched alkanes of at least 4 members (excludes halogenated alkanes) is 8. The molecule has 0 aliphatic heterocycles. The molecule has 0 amide bonds. The van der Waals surface area contributed by atoms with E-state index < -0.39 is 21.5 Å². The van der Waals surface area contributed by atoms with Gasteiger partial charge in [0, 0.05) is 5.25 Å². The Morgan fingerprint density at radius 2 is 1.32 bits per heavy atom. The number of aliphatic hydroxyl groups is 1. The number of hydrogen-bond acceptors (Lipinski definition) is 4. The van der Waals surface area contributed by atoms with Crippen LogP contribution in [0.4, 0.5) is 0 Å². The van der Waals surface area contributed by atoms with Crippen molar-refractivity contribution in [3.8, 4) is 0 Å². The first-order valence-corrected chi connectivity index (χ1v) is 9.97. The molecule has 0 radical (unpaired) electrons. The van der Waals surface area contributed by atoms with Crippen LogP contribution < -0.4 is 51.4 Å². The molecule has 2 unspecified atom stereocenters. The van der Waals surface area contributed by atoms with E-state index in [2.05, 4.69) is 6.92 Å². The van der Waals surface area contributed by atoms with E-state index in [9.17, 15) is 18.1 Å². The second-order valence-electron chi connectivity index (χ2n) is 6.16. The van der Waals surface area contributed by atoms with Gasteiger partial charge >= 0.3 is 51.4 Å². The van der Waals surface area contributed by atoms with Crippen molar-refractivity contribution in [1.82, 2.24) is 0 Å². The Morgan fingerprint density at radius 3 is 1.73 bits per heavy atom. The molecule has 0 aromatic heterocycles. The molecule has 0 fully saturated rings. The van der Waals surface area contributed by atoms with Crippen molar-refractivity contribution in [2.24, 2.45) is 0 Å². The first kappa shape index (κ1) is 25.7. The number of aliphatic hydroxyl groups excluding tert-OH is 1. The van der Waals surface area contributed by atoms with Gasteiger partial charge in [-0.1, -0.05) is 64.7 Å². The minimum atomic E-state index is -4.23. The zero-order valence-corrected chi connectivity index (χ0v) is 18.7. The van der Waals surface area contributed by atoms with Crippen molar-refractivity contribution >= 4 is 10.1 Å². The zero-order valence-electron chi connectivity index (χ0n) is 14.7. The van der Waals surface area contributed by atoms with E-state index in [1.165, 1.54) is 38.5 Å². The summed E-state index contributed by atoms with van der Waals surface area (Å²) in [6.45, 7) is 3.82. The van der Waals surface area contributed by atoms with Crippen LogP contribution in [0.25, 0.3) is 0 Å². The van der Waals surface area contributed by atoms with Crippen LogP contribution in [0, 0.1) is 0 Å². The van der Waals surface area contributed by atoms with Crippen molar-refractivity contribution in [3.63, 3.8) is 0 Å². The van der Waals surface area contributed by atoms with Crippen LogP contribution in [0.2, 0.25) is 0 Å². The van der Waals surface area contributed by atoms with Gasteiger partial charge in [-0.15, -0.1) is 0 Å². The molecule has 22 heavy (non-hydrogen) atoms. The Kier molecular flexibility index (Phi) is 18.7. The molecule has 4 nitrogen and oxygen atoms in total. The zero-order chi connectivity index (χ0) is 16.1. The summed E-state index contributed by atoms with van der Waals surface area (Å²) >= 11 is 0. The van der Waals surface area contributed by atoms with Crippen LogP contribution in [0.15, 0.2) is 0 Å². The van der Waals surface area contributed by atoms with E-state index in [0.717, 1.165) is 19.3 Å². The largest absolute Gasteiger partial charge is 1.00 e. The van der Waals surface area contributed by atoms with Crippen molar-refractivity contribution in [2.45, 2.75) is 102 Å². The van der Waals surface area contributed by atoms with Gasteiger partial charge in [-0.25, -0.2) is 8.42 Å². The van der Waals surface area contributed by atoms with Crippen LogP contribution in [0.3, 0.4) is 0 Å². The quantitative estimate of drug-likeness (QED) is 0.285. The van der Waals surface area contributed by atoms with Crippen LogP contribution in [-0.2, 0) is 10.1 Å². The molecule has 0 saturated heterocycles. The van der Waals surface area contributed by atoms with Gasteiger partial charge in [-0.2, -0.15) is 0 Å². The van der Waals surface area contributed by atoms with Gasteiger partial charge in [0.25, 0.3) is 0 Å². The van der Waals surface area contributed by atoms with Gasteiger partial charge in [0.1, 0.15) is 0 Å². The molecule has 0 heterocycles. The van der Waals surface area contributed by atoms with E-state index in [0.29, 0.717) is 12.8 Å². The Morgan fingerprint density at radius 1 is 0.864 bits per heavy atom. The van der Waals surface area contributed by atoms with Crippen LogP contribution >= 0.6 is 0 Å². The van der Waals surface area contributed by atoms with Crippen molar-refractivity contribution < 1.29 is 69.5 Å². The van der Waals surface area contributed by atoms with Gasteiger partial charge in [-0.3, -0.25) is 0 Å². The van der Waals surface area contributed by atoms with Gasteiger partial charge in [0.15, 0.2) is 0 Å². The summed E-state index contributed by atoms with van der Waals surface area (Å²) < 4.78 is 33.5. The Labute approximate surface area is 180 Å². The first-order chi connectivity index (χ1) is 9.88. The third-order valence-electron chi connectivity index (χ3n) is 3.94. The Bertz CT molecular complexity index is 331. The maximum Gasteiger partial charge on any atom is 1.00 e. The fraction of sp³-hybridized carbons (Fsp3) is 1.00. The molecule has 0 rings (SSSR count). The fourth-order valence-electron chi connectivity index (χ4n) is 2.54. The topological polar surface area (TPSA) is 77.4 Å². The average Bonchev–Trinajstić information content (AvgIpc) is 2.38. The average molecular weight is 361 g/mol. The van der Waals surface area contributed by atoms with E-state index in [1.807, 2.05) is 0 Å². The second kappa shape index (κ2) is 16.0. The first-order valence-electron chi connectivity index (χ1n) is 8.50. The second-order valence-corrected chi connectivity index (χ2v) is 7.81. The molecule has 1 N–H and O–H groups in total. The summed E-state index contributed by atoms with van der Waals surface area (Å²) in [7, 11) is -4.23. The third-order valence-corrected chi connectivity index (χ3v) is 5.23. The van der Waals surface area contributed by atoms with Gasteiger partial charge in [-0.05, 0) is 26.2 Å². The van der Waals surface area contributed by atoms with Gasteiger partial charge in [0.2, 0.25) is 0 Å². The minimum absolute atomic E-state index is 0. The maximum absolute atomic E-state index is 11.2. The molecular formula is C16H33KO4S. The molecule has 0 bridgehead atoms. The predicted octanol–water partition coefficient (Wildman–Crippen LogP) is 0.986. The van der Waals surface area contributed by atoms with E-state index in [1.54, 1.807) is 6.92 Å². The summed E-state index contributed by atoms with van der Waals surface area (Å²) in [4.78, 5) is 0. The minimum Gasteiger partial charge on any atom is -0.748 e. The molecular weight excluding hydrogens is 327 g/mol. The predicted molar refractivity (Wildman–Crippen MR) is 86.2 cm³/mol. The molecule has 6 heteroatoms. The van der Waals surface area contributed by atoms with Crippen molar-refractivity contribution in [3.05, 3.63) is 0 Å². The van der Waals surface area contributed by atoms with Gasteiger partial charge in [0.05, 0.1) is 16.2 Å². The maximum atomic E-state index is 11.2. The summed E-state index contributed by atoms with van der Waals surface area (Å²) in [6, 6.07) is 0. The molecule has 0 aromatic carbocycles. The summed E-state index contributed by atoms with van der Waals surface area (Å²) in [5.41, 5.74) is 0. The molecule has 0 saturated carbocycles. The van der Waals surface area contributed by atoms with E-state index >= 15 is 0 Å². The standard InChI is InChI=1S/C16H34O4S.K/c1-3-4-5-6-7-8-9-10-11-12-16(21(18,19)20)14-13-15(2)17;/h15-17H,3-14H2,1-2H3,(H,18,19,20);/q;+1/p-1. The summed E-state index contributed by atoms with van der Waals surface area (Å²) in [5.74, 6) is 0. The molecule has 128 valence electrons. The Balaban J connectivity index is 0.